The predicted molar refractivity (Wildman–Crippen MR) is 91.3 cm³/mol. The molecule has 0 fully saturated rings. The summed E-state index contributed by atoms with van der Waals surface area (Å²) in [5, 5.41) is 1.80. The van der Waals surface area contributed by atoms with Crippen molar-refractivity contribution in [2.75, 3.05) is 6.61 Å². The molecule has 0 aliphatic carbocycles. The zero-order valence-electron chi connectivity index (χ0n) is 13.6. The summed E-state index contributed by atoms with van der Waals surface area (Å²) in [6.07, 6.45) is 0. The first-order chi connectivity index (χ1) is 10.9. The first kappa shape index (κ1) is 17.2. The van der Waals surface area contributed by atoms with E-state index in [-0.39, 0.29) is 18.1 Å². The number of hydrogen-bond acceptors (Lipinski definition) is 4. The van der Waals surface area contributed by atoms with Gasteiger partial charge in [-0.2, -0.15) is 0 Å². The molecule has 0 saturated heterocycles. The Hall–Kier alpha value is -2.14. The van der Waals surface area contributed by atoms with Crippen LogP contribution in [0.25, 0.3) is 0 Å². The molecule has 5 heteroatoms. The van der Waals surface area contributed by atoms with Crippen LogP contribution < -0.4 is 0 Å². The van der Waals surface area contributed by atoms with Gasteiger partial charge >= 0.3 is 5.97 Å². The van der Waals surface area contributed by atoms with E-state index in [1.54, 1.807) is 22.4 Å². The van der Waals surface area contributed by atoms with Gasteiger partial charge in [-0.15, -0.1) is 11.3 Å². The number of hydrogen-bond donors (Lipinski definition) is 0. The minimum absolute atomic E-state index is 0.203. The average Bonchev–Trinajstić information content (AvgIpc) is 3.04. The van der Waals surface area contributed by atoms with Gasteiger partial charge in [0.1, 0.15) is 4.88 Å². The van der Waals surface area contributed by atoms with Crippen molar-refractivity contribution < 1.29 is 14.3 Å². The third-order valence-electron chi connectivity index (χ3n) is 3.34. The van der Waals surface area contributed by atoms with Crippen LogP contribution in [0.3, 0.4) is 0 Å². The van der Waals surface area contributed by atoms with Crippen LogP contribution in [0.1, 0.15) is 36.0 Å². The van der Waals surface area contributed by atoms with E-state index in [2.05, 4.69) is 0 Å². The van der Waals surface area contributed by atoms with E-state index in [4.69, 9.17) is 4.74 Å². The number of rotatable bonds is 5. The van der Waals surface area contributed by atoms with Crippen LogP contribution in [-0.2, 0) is 16.1 Å². The second-order valence-electron chi connectivity index (χ2n) is 6.19. The minimum atomic E-state index is -0.457. The molecule has 0 unspecified atom stereocenters. The fraction of sp³-hybridized carbons (Fsp3) is 0.333. The van der Waals surface area contributed by atoms with Gasteiger partial charge in [0.05, 0.1) is 0 Å². The maximum Gasteiger partial charge on any atom is 0.348 e. The molecule has 0 aliphatic heterocycles. The van der Waals surface area contributed by atoms with E-state index in [1.807, 2.05) is 51.1 Å². The molecular weight excluding hydrogens is 310 g/mol. The van der Waals surface area contributed by atoms with Gasteiger partial charge in [-0.25, -0.2) is 4.79 Å². The molecule has 0 aliphatic rings. The van der Waals surface area contributed by atoms with Crippen molar-refractivity contribution in [3.63, 3.8) is 0 Å². The first-order valence-electron chi connectivity index (χ1n) is 7.43. The maximum atomic E-state index is 12.5. The lowest BCUT2D eigenvalue weighted by molar-refractivity contribution is -0.140. The van der Waals surface area contributed by atoms with Gasteiger partial charge in [0.2, 0.25) is 0 Å². The summed E-state index contributed by atoms with van der Waals surface area (Å²) in [6.45, 7) is 6.14. The Morgan fingerprint density at radius 2 is 1.78 bits per heavy atom. The lowest BCUT2D eigenvalue weighted by Crippen LogP contribution is -2.46. The van der Waals surface area contributed by atoms with Crippen molar-refractivity contribution in [2.24, 2.45) is 0 Å². The fourth-order valence-electron chi connectivity index (χ4n) is 2.14. The lowest BCUT2D eigenvalue weighted by atomic mass is 10.0. The van der Waals surface area contributed by atoms with Gasteiger partial charge in [-0.05, 0) is 37.8 Å². The van der Waals surface area contributed by atoms with Crippen molar-refractivity contribution in [2.45, 2.75) is 32.9 Å². The lowest BCUT2D eigenvalue weighted by Gasteiger charge is -2.35. The van der Waals surface area contributed by atoms with E-state index in [9.17, 15) is 9.59 Å². The van der Waals surface area contributed by atoms with Gasteiger partial charge in [0.25, 0.3) is 5.91 Å². The Labute approximate surface area is 140 Å². The van der Waals surface area contributed by atoms with E-state index in [0.717, 1.165) is 5.56 Å². The summed E-state index contributed by atoms with van der Waals surface area (Å²) in [5.41, 5.74) is 0.683. The Morgan fingerprint density at radius 1 is 1.09 bits per heavy atom. The zero-order valence-corrected chi connectivity index (χ0v) is 14.4. The molecule has 0 N–H and O–H groups in total. The minimum Gasteiger partial charge on any atom is -0.451 e. The summed E-state index contributed by atoms with van der Waals surface area (Å²) in [4.78, 5) is 26.6. The number of carbonyl (C=O) groups excluding carboxylic acids is 2. The highest BCUT2D eigenvalue weighted by Crippen LogP contribution is 2.18. The number of amides is 1. The van der Waals surface area contributed by atoms with Crippen molar-refractivity contribution in [1.29, 1.82) is 0 Å². The average molecular weight is 331 g/mol. The summed E-state index contributed by atoms with van der Waals surface area (Å²) in [5.74, 6) is -0.659. The topological polar surface area (TPSA) is 46.6 Å². The number of esters is 1. The molecule has 122 valence electrons. The Bertz CT molecular complexity index is 645. The van der Waals surface area contributed by atoms with Crippen molar-refractivity contribution >= 4 is 23.2 Å². The SMILES string of the molecule is CC(C)(C)N(Cc1ccccc1)C(=O)COC(=O)c1cccs1. The monoisotopic (exact) mass is 331 g/mol. The van der Waals surface area contributed by atoms with Crippen LogP contribution in [0.15, 0.2) is 47.8 Å². The predicted octanol–water partition coefficient (Wildman–Crippen LogP) is 3.73. The van der Waals surface area contributed by atoms with Crippen molar-refractivity contribution in [3.05, 3.63) is 58.3 Å². The third kappa shape index (κ3) is 4.93. The molecule has 0 saturated carbocycles. The summed E-state index contributed by atoms with van der Waals surface area (Å²) in [7, 11) is 0. The smallest absolute Gasteiger partial charge is 0.348 e. The molecular formula is C18H21NO3S. The highest BCUT2D eigenvalue weighted by atomic mass is 32.1. The Kier molecular flexibility index (Phi) is 5.55. The van der Waals surface area contributed by atoms with Gasteiger partial charge in [-0.3, -0.25) is 4.79 Å². The highest BCUT2D eigenvalue weighted by molar-refractivity contribution is 7.11. The molecule has 1 heterocycles. The number of thiophene rings is 1. The second-order valence-corrected chi connectivity index (χ2v) is 7.14. The largest absolute Gasteiger partial charge is 0.451 e. The summed E-state index contributed by atoms with van der Waals surface area (Å²) in [6, 6.07) is 13.2. The number of ether oxygens (including phenoxy) is 1. The van der Waals surface area contributed by atoms with E-state index < -0.39 is 5.97 Å². The maximum absolute atomic E-state index is 12.5. The second kappa shape index (κ2) is 7.42. The molecule has 0 radical (unpaired) electrons. The molecule has 4 nitrogen and oxygen atoms in total. The van der Waals surface area contributed by atoms with Crippen LogP contribution in [0.4, 0.5) is 0 Å². The van der Waals surface area contributed by atoms with Crippen molar-refractivity contribution in [3.8, 4) is 0 Å². The quantitative estimate of drug-likeness (QED) is 0.784. The van der Waals surface area contributed by atoms with Crippen LogP contribution in [-0.4, -0.2) is 28.9 Å². The fourth-order valence-corrected chi connectivity index (χ4v) is 2.75. The van der Waals surface area contributed by atoms with Crippen LogP contribution in [0.5, 0.6) is 0 Å². The standard InChI is InChI=1S/C18H21NO3S/c1-18(2,3)19(12-14-8-5-4-6-9-14)16(20)13-22-17(21)15-10-7-11-23-15/h4-11H,12-13H2,1-3H3. The molecule has 23 heavy (non-hydrogen) atoms. The van der Waals surface area contributed by atoms with Gasteiger partial charge < -0.3 is 9.64 Å². The molecule has 1 amide bonds. The van der Waals surface area contributed by atoms with Crippen LogP contribution in [0, 0.1) is 0 Å². The normalized spacial score (nSPS) is 11.1. The number of carbonyl (C=O) groups is 2. The summed E-state index contributed by atoms with van der Waals surface area (Å²) < 4.78 is 5.14. The van der Waals surface area contributed by atoms with Gasteiger partial charge in [0.15, 0.2) is 6.61 Å². The molecule has 0 spiro atoms. The Morgan fingerprint density at radius 3 is 2.35 bits per heavy atom. The summed E-state index contributed by atoms with van der Waals surface area (Å²) >= 11 is 1.30. The molecule has 0 atom stereocenters. The van der Waals surface area contributed by atoms with Gasteiger partial charge in [0, 0.05) is 12.1 Å². The van der Waals surface area contributed by atoms with Crippen molar-refractivity contribution in [1.82, 2.24) is 4.90 Å². The molecule has 1 aromatic heterocycles. The highest BCUT2D eigenvalue weighted by Gasteiger charge is 2.27. The molecule has 2 aromatic rings. The third-order valence-corrected chi connectivity index (χ3v) is 4.19. The van der Waals surface area contributed by atoms with E-state index >= 15 is 0 Å². The number of benzene rings is 1. The molecule has 1 aromatic carbocycles. The van der Waals surface area contributed by atoms with Gasteiger partial charge in [-0.1, -0.05) is 36.4 Å². The number of nitrogens with zero attached hydrogens (tertiary/aromatic N) is 1. The van der Waals surface area contributed by atoms with Crippen LogP contribution >= 0.6 is 11.3 Å². The zero-order chi connectivity index (χ0) is 16.9. The Balaban J connectivity index is 2.01. The molecule has 2 rings (SSSR count). The van der Waals surface area contributed by atoms with Crippen LogP contribution in [0.2, 0.25) is 0 Å². The first-order valence-corrected chi connectivity index (χ1v) is 8.31. The molecule has 0 bridgehead atoms. The van der Waals surface area contributed by atoms with E-state index in [0.29, 0.717) is 11.4 Å². The van der Waals surface area contributed by atoms with E-state index in [1.165, 1.54) is 11.3 Å².